The zero-order valence-electron chi connectivity index (χ0n) is 16.0. The number of ether oxygens (including phenoxy) is 3. The maximum Gasteiger partial charge on any atom is 0.408 e. The van der Waals surface area contributed by atoms with Crippen LogP contribution < -0.4 is 5.32 Å². The Hall–Kier alpha value is -2.08. The topological polar surface area (TPSA) is 73.9 Å². The van der Waals surface area contributed by atoms with E-state index in [2.05, 4.69) is 5.32 Å². The second-order valence-electron chi connectivity index (χ2n) is 8.43. The van der Waals surface area contributed by atoms with Crippen molar-refractivity contribution in [2.45, 2.75) is 46.8 Å². The summed E-state index contributed by atoms with van der Waals surface area (Å²) in [5.74, 6) is -0.440. The summed E-state index contributed by atoms with van der Waals surface area (Å²) in [5, 5.41) is 2.65. The van der Waals surface area contributed by atoms with Crippen molar-refractivity contribution in [1.82, 2.24) is 5.32 Å². The number of rotatable bonds is 7. The van der Waals surface area contributed by atoms with E-state index in [1.807, 2.05) is 58.0 Å². The van der Waals surface area contributed by atoms with E-state index < -0.39 is 18.1 Å². The monoisotopic (exact) mass is 363 g/mol. The average molecular weight is 363 g/mol. The van der Waals surface area contributed by atoms with Crippen molar-refractivity contribution in [2.75, 3.05) is 19.8 Å². The summed E-state index contributed by atoms with van der Waals surface area (Å²) in [6.07, 6.45) is -0.169. The van der Waals surface area contributed by atoms with Crippen LogP contribution in [0.1, 0.15) is 39.7 Å². The molecule has 144 valence electrons. The molecule has 1 aliphatic rings. The van der Waals surface area contributed by atoms with Gasteiger partial charge >= 0.3 is 12.1 Å². The van der Waals surface area contributed by atoms with Crippen molar-refractivity contribution >= 4 is 12.1 Å². The smallest absolute Gasteiger partial charge is 0.408 e. The summed E-state index contributed by atoms with van der Waals surface area (Å²) >= 11 is 0. The lowest BCUT2D eigenvalue weighted by atomic mass is 9.88. The van der Waals surface area contributed by atoms with Crippen LogP contribution in [0.5, 0.6) is 0 Å². The first kappa shape index (κ1) is 20.2. The molecule has 1 aromatic rings. The predicted molar refractivity (Wildman–Crippen MR) is 97.5 cm³/mol. The third-order valence-corrected chi connectivity index (χ3v) is 4.07. The number of esters is 1. The van der Waals surface area contributed by atoms with E-state index in [4.69, 9.17) is 14.2 Å². The zero-order valence-corrected chi connectivity index (χ0v) is 16.0. The van der Waals surface area contributed by atoms with Gasteiger partial charge in [-0.25, -0.2) is 9.59 Å². The number of hydrogen-bond acceptors (Lipinski definition) is 5. The molecule has 1 heterocycles. The van der Waals surface area contributed by atoms with E-state index in [1.54, 1.807) is 0 Å². The van der Waals surface area contributed by atoms with Gasteiger partial charge in [-0.15, -0.1) is 0 Å². The first-order chi connectivity index (χ1) is 12.2. The highest BCUT2D eigenvalue weighted by Crippen LogP contribution is 2.27. The van der Waals surface area contributed by atoms with Gasteiger partial charge in [-0.1, -0.05) is 58.0 Å². The fourth-order valence-electron chi connectivity index (χ4n) is 2.59. The summed E-state index contributed by atoms with van der Waals surface area (Å²) < 4.78 is 15.8. The highest BCUT2D eigenvalue weighted by atomic mass is 16.6. The molecule has 0 radical (unpaired) electrons. The van der Waals surface area contributed by atoms with Crippen LogP contribution in [-0.2, 0) is 25.6 Å². The highest BCUT2D eigenvalue weighted by Gasteiger charge is 2.36. The molecule has 0 aliphatic carbocycles. The second-order valence-corrected chi connectivity index (χ2v) is 8.43. The summed E-state index contributed by atoms with van der Waals surface area (Å²) in [4.78, 5) is 24.6. The molecule has 1 atom stereocenters. The quantitative estimate of drug-likeness (QED) is 0.753. The Morgan fingerprint density at radius 2 is 1.85 bits per heavy atom. The summed E-state index contributed by atoms with van der Waals surface area (Å²) in [6, 6.07) is 8.64. The van der Waals surface area contributed by atoms with E-state index in [0.29, 0.717) is 19.6 Å². The van der Waals surface area contributed by atoms with Gasteiger partial charge in [0.05, 0.1) is 13.2 Å². The minimum Gasteiger partial charge on any atom is -0.463 e. The van der Waals surface area contributed by atoms with Crippen molar-refractivity contribution in [2.24, 2.45) is 10.8 Å². The lowest BCUT2D eigenvalue weighted by Gasteiger charge is -2.37. The Bertz CT molecular complexity index is 604. The summed E-state index contributed by atoms with van der Waals surface area (Å²) in [7, 11) is 0. The standard InChI is InChI=1S/C20H29NO5/c1-19(2,3)10-16(17(22)26-14-20(4)12-24-13-20)21-18(23)25-11-15-8-6-5-7-9-15/h5-9,16H,10-14H2,1-4H3,(H,21,23). The van der Waals surface area contributed by atoms with Crippen LogP contribution in [0.15, 0.2) is 30.3 Å². The van der Waals surface area contributed by atoms with Crippen molar-refractivity contribution in [3.63, 3.8) is 0 Å². The molecule has 1 aliphatic heterocycles. The highest BCUT2D eigenvalue weighted by molar-refractivity contribution is 5.81. The van der Waals surface area contributed by atoms with Crippen LogP contribution in [-0.4, -0.2) is 37.9 Å². The lowest BCUT2D eigenvalue weighted by molar-refractivity contribution is -0.167. The van der Waals surface area contributed by atoms with Crippen LogP contribution in [0.4, 0.5) is 4.79 Å². The number of carbonyl (C=O) groups excluding carboxylic acids is 2. The van der Waals surface area contributed by atoms with E-state index in [1.165, 1.54) is 0 Å². The van der Waals surface area contributed by atoms with Gasteiger partial charge in [0, 0.05) is 5.41 Å². The number of nitrogens with one attached hydrogen (secondary N) is 1. The molecule has 2 rings (SSSR count). The first-order valence-electron chi connectivity index (χ1n) is 8.89. The molecule has 0 bridgehead atoms. The van der Waals surface area contributed by atoms with E-state index >= 15 is 0 Å². The Morgan fingerprint density at radius 3 is 2.38 bits per heavy atom. The van der Waals surface area contributed by atoms with Crippen molar-refractivity contribution < 1.29 is 23.8 Å². The van der Waals surface area contributed by atoms with Gasteiger partial charge in [0.2, 0.25) is 0 Å². The van der Waals surface area contributed by atoms with Crippen LogP contribution in [0.25, 0.3) is 0 Å². The molecular weight excluding hydrogens is 334 g/mol. The molecule has 26 heavy (non-hydrogen) atoms. The van der Waals surface area contributed by atoms with Crippen LogP contribution in [0, 0.1) is 10.8 Å². The van der Waals surface area contributed by atoms with Gasteiger partial charge in [-0.05, 0) is 17.4 Å². The van der Waals surface area contributed by atoms with Crippen LogP contribution in [0.3, 0.4) is 0 Å². The molecule has 1 fully saturated rings. The Balaban J connectivity index is 1.88. The van der Waals surface area contributed by atoms with E-state index in [9.17, 15) is 9.59 Å². The van der Waals surface area contributed by atoms with Crippen LogP contribution >= 0.6 is 0 Å². The third-order valence-electron chi connectivity index (χ3n) is 4.07. The Kier molecular flexibility index (Phi) is 6.64. The number of hydrogen-bond donors (Lipinski definition) is 1. The van der Waals surface area contributed by atoms with Crippen molar-refractivity contribution in [3.05, 3.63) is 35.9 Å². The molecule has 1 aromatic carbocycles. The number of carbonyl (C=O) groups is 2. The minimum absolute atomic E-state index is 0.129. The number of amides is 1. The molecule has 1 amide bonds. The van der Waals surface area contributed by atoms with Gasteiger partial charge in [-0.3, -0.25) is 0 Å². The average Bonchev–Trinajstić information content (AvgIpc) is 2.55. The summed E-state index contributed by atoms with van der Waals surface area (Å²) in [6.45, 7) is 9.62. The summed E-state index contributed by atoms with van der Waals surface area (Å²) in [5.41, 5.74) is 0.603. The first-order valence-corrected chi connectivity index (χ1v) is 8.89. The van der Waals surface area contributed by atoms with Crippen molar-refractivity contribution in [1.29, 1.82) is 0 Å². The molecule has 0 aromatic heterocycles. The molecule has 1 saturated heterocycles. The van der Waals surface area contributed by atoms with Crippen molar-refractivity contribution in [3.8, 4) is 0 Å². The molecule has 1 N–H and O–H groups in total. The Morgan fingerprint density at radius 1 is 1.19 bits per heavy atom. The number of alkyl carbamates (subject to hydrolysis) is 1. The van der Waals surface area contributed by atoms with Gasteiger partial charge < -0.3 is 19.5 Å². The number of benzene rings is 1. The molecular formula is C20H29NO5. The molecule has 6 nitrogen and oxygen atoms in total. The predicted octanol–water partition coefficient (Wildman–Crippen LogP) is 3.30. The largest absolute Gasteiger partial charge is 0.463 e. The van der Waals surface area contributed by atoms with E-state index in [0.717, 1.165) is 5.56 Å². The third kappa shape index (κ3) is 6.67. The van der Waals surface area contributed by atoms with E-state index in [-0.39, 0.29) is 24.0 Å². The van der Waals surface area contributed by atoms with Gasteiger partial charge in [0.25, 0.3) is 0 Å². The van der Waals surface area contributed by atoms with Gasteiger partial charge in [0.1, 0.15) is 19.3 Å². The normalized spacial score (nSPS) is 16.9. The Labute approximate surface area is 155 Å². The molecule has 0 spiro atoms. The fourth-order valence-corrected chi connectivity index (χ4v) is 2.59. The lowest BCUT2D eigenvalue weighted by Crippen LogP contribution is -2.48. The second kappa shape index (κ2) is 8.54. The van der Waals surface area contributed by atoms with Gasteiger partial charge in [0.15, 0.2) is 0 Å². The SMILES string of the molecule is CC(C)(C)CC(NC(=O)OCc1ccccc1)C(=O)OCC1(C)COC1. The van der Waals surface area contributed by atoms with Crippen LogP contribution in [0.2, 0.25) is 0 Å². The minimum atomic E-state index is -0.747. The fraction of sp³-hybridized carbons (Fsp3) is 0.600. The molecule has 1 unspecified atom stereocenters. The molecule has 0 saturated carbocycles. The maximum atomic E-state index is 12.5. The van der Waals surface area contributed by atoms with Gasteiger partial charge in [-0.2, -0.15) is 0 Å². The zero-order chi connectivity index (χ0) is 19.2. The maximum absolute atomic E-state index is 12.5. The molecule has 6 heteroatoms.